The molecule has 0 atom stereocenters. The molecule has 2 aromatic rings. The molecule has 0 bridgehead atoms. The number of amides is 1. The van der Waals surface area contributed by atoms with E-state index in [0.29, 0.717) is 16.2 Å². The SMILES string of the molecule is O=C(O)COc1ccccc1C=NNC(=O)c1cccs1. The lowest BCUT2D eigenvalue weighted by Crippen LogP contribution is -2.16. The highest BCUT2D eigenvalue weighted by Gasteiger charge is 2.05. The van der Waals surface area contributed by atoms with Crippen molar-refractivity contribution in [3.63, 3.8) is 0 Å². The molecule has 0 saturated carbocycles. The summed E-state index contributed by atoms with van der Waals surface area (Å²) in [4.78, 5) is 22.7. The van der Waals surface area contributed by atoms with Crippen LogP contribution in [-0.4, -0.2) is 29.8 Å². The van der Waals surface area contributed by atoms with Crippen molar-refractivity contribution in [2.45, 2.75) is 0 Å². The van der Waals surface area contributed by atoms with Gasteiger partial charge in [0.1, 0.15) is 5.75 Å². The van der Waals surface area contributed by atoms with Crippen molar-refractivity contribution >= 4 is 29.4 Å². The Hall–Kier alpha value is -2.67. The molecule has 2 rings (SSSR count). The number of carbonyl (C=O) groups is 2. The third kappa shape index (κ3) is 4.43. The van der Waals surface area contributed by atoms with Gasteiger partial charge in [-0.25, -0.2) is 10.2 Å². The zero-order chi connectivity index (χ0) is 15.1. The molecular formula is C14H12N2O4S. The second-order valence-electron chi connectivity index (χ2n) is 3.90. The lowest BCUT2D eigenvalue weighted by molar-refractivity contribution is -0.139. The fraction of sp³-hybridized carbons (Fsp3) is 0.0714. The van der Waals surface area contributed by atoms with E-state index in [1.807, 2.05) is 0 Å². The summed E-state index contributed by atoms with van der Waals surface area (Å²) in [6, 6.07) is 10.3. The Morgan fingerprint density at radius 2 is 2.10 bits per heavy atom. The van der Waals surface area contributed by atoms with E-state index in [4.69, 9.17) is 9.84 Å². The summed E-state index contributed by atoms with van der Waals surface area (Å²) in [5.41, 5.74) is 2.97. The first kappa shape index (κ1) is 14.7. The lowest BCUT2D eigenvalue weighted by Gasteiger charge is -2.06. The Labute approximate surface area is 124 Å². The number of nitrogens with zero attached hydrogens (tertiary/aromatic N) is 1. The summed E-state index contributed by atoms with van der Waals surface area (Å²) >= 11 is 1.32. The van der Waals surface area contributed by atoms with Gasteiger partial charge in [0.15, 0.2) is 6.61 Å². The molecular weight excluding hydrogens is 292 g/mol. The Balaban J connectivity index is 2.00. The van der Waals surface area contributed by atoms with Gasteiger partial charge in [-0.15, -0.1) is 11.3 Å². The van der Waals surface area contributed by atoms with Gasteiger partial charge in [0, 0.05) is 5.56 Å². The first-order chi connectivity index (χ1) is 10.2. The van der Waals surface area contributed by atoms with Gasteiger partial charge in [-0.05, 0) is 23.6 Å². The van der Waals surface area contributed by atoms with Crippen LogP contribution in [0.5, 0.6) is 5.75 Å². The molecule has 0 unspecified atom stereocenters. The van der Waals surface area contributed by atoms with Crippen molar-refractivity contribution in [2.24, 2.45) is 5.10 Å². The Morgan fingerprint density at radius 3 is 2.81 bits per heavy atom. The zero-order valence-corrected chi connectivity index (χ0v) is 11.7. The van der Waals surface area contributed by atoms with Gasteiger partial charge in [-0.3, -0.25) is 4.79 Å². The van der Waals surface area contributed by atoms with E-state index in [2.05, 4.69) is 10.5 Å². The number of carboxylic acid groups (broad SMARTS) is 1. The van der Waals surface area contributed by atoms with Gasteiger partial charge in [-0.1, -0.05) is 18.2 Å². The van der Waals surface area contributed by atoms with Crippen LogP contribution in [0.2, 0.25) is 0 Å². The number of para-hydroxylation sites is 1. The third-order valence-corrected chi connectivity index (χ3v) is 3.25. The van der Waals surface area contributed by atoms with Gasteiger partial charge in [0.05, 0.1) is 11.1 Å². The highest BCUT2D eigenvalue weighted by molar-refractivity contribution is 7.12. The van der Waals surface area contributed by atoms with E-state index in [1.54, 1.807) is 41.8 Å². The second kappa shape index (κ2) is 7.20. The number of carboxylic acids is 1. The smallest absolute Gasteiger partial charge is 0.341 e. The number of carbonyl (C=O) groups excluding carboxylic acids is 1. The van der Waals surface area contributed by atoms with Gasteiger partial charge in [-0.2, -0.15) is 5.10 Å². The average molecular weight is 304 g/mol. The fourth-order valence-electron chi connectivity index (χ4n) is 1.48. The summed E-state index contributed by atoms with van der Waals surface area (Å²) < 4.78 is 5.13. The zero-order valence-electron chi connectivity index (χ0n) is 10.9. The molecule has 1 heterocycles. The van der Waals surface area contributed by atoms with Crippen molar-refractivity contribution < 1.29 is 19.4 Å². The van der Waals surface area contributed by atoms with Gasteiger partial charge in [0.25, 0.3) is 5.91 Å². The molecule has 0 saturated heterocycles. The minimum Gasteiger partial charge on any atom is -0.481 e. The van der Waals surface area contributed by atoms with Crippen LogP contribution in [0.25, 0.3) is 0 Å². The number of hydrogen-bond acceptors (Lipinski definition) is 5. The van der Waals surface area contributed by atoms with Crippen molar-refractivity contribution in [1.29, 1.82) is 0 Å². The quantitative estimate of drug-likeness (QED) is 0.631. The molecule has 1 aromatic heterocycles. The van der Waals surface area contributed by atoms with Crippen LogP contribution >= 0.6 is 11.3 Å². The maximum atomic E-state index is 11.7. The number of hydrogen-bond donors (Lipinski definition) is 2. The Bertz CT molecular complexity index is 653. The van der Waals surface area contributed by atoms with Gasteiger partial charge < -0.3 is 9.84 Å². The van der Waals surface area contributed by atoms with E-state index in [0.717, 1.165) is 0 Å². The minimum absolute atomic E-state index is 0.301. The first-order valence-corrected chi connectivity index (χ1v) is 6.85. The molecule has 108 valence electrons. The summed E-state index contributed by atoms with van der Waals surface area (Å²) in [6.07, 6.45) is 1.41. The molecule has 0 radical (unpaired) electrons. The number of nitrogens with one attached hydrogen (secondary N) is 1. The highest BCUT2D eigenvalue weighted by atomic mass is 32.1. The number of rotatable bonds is 6. The predicted molar refractivity (Wildman–Crippen MR) is 79.0 cm³/mol. The van der Waals surface area contributed by atoms with Crippen molar-refractivity contribution in [1.82, 2.24) is 5.43 Å². The summed E-state index contributed by atoms with van der Waals surface area (Å²) in [6.45, 7) is -0.438. The molecule has 0 aliphatic rings. The lowest BCUT2D eigenvalue weighted by atomic mass is 10.2. The van der Waals surface area contributed by atoms with Crippen molar-refractivity contribution in [2.75, 3.05) is 6.61 Å². The van der Waals surface area contributed by atoms with Crippen molar-refractivity contribution in [3.8, 4) is 5.75 Å². The fourth-order valence-corrected chi connectivity index (χ4v) is 2.09. The Kier molecular flexibility index (Phi) is 5.05. The van der Waals surface area contributed by atoms with Crippen LogP contribution in [0.1, 0.15) is 15.2 Å². The number of benzene rings is 1. The van der Waals surface area contributed by atoms with Crippen LogP contribution in [-0.2, 0) is 4.79 Å². The van der Waals surface area contributed by atoms with E-state index in [9.17, 15) is 9.59 Å². The molecule has 1 aromatic carbocycles. The van der Waals surface area contributed by atoms with E-state index in [1.165, 1.54) is 17.6 Å². The van der Waals surface area contributed by atoms with E-state index < -0.39 is 12.6 Å². The minimum atomic E-state index is -1.06. The summed E-state index contributed by atoms with van der Waals surface area (Å²) in [5, 5.41) is 14.2. The summed E-state index contributed by atoms with van der Waals surface area (Å²) in [7, 11) is 0. The first-order valence-electron chi connectivity index (χ1n) is 5.97. The van der Waals surface area contributed by atoms with Gasteiger partial charge in [0.2, 0.25) is 0 Å². The van der Waals surface area contributed by atoms with E-state index >= 15 is 0 Å². The number of hydrazone groups is 1. The molecule has 0 aliphatic carbocycles. The maximum absolute atomic E-state index is 11.7. The molecule has 7 heteroatoms. The largest absolute Gasteiger partial charge is 0.481 e. The molecule has 21 heavy (non-hydrogen) atoms. The number of ether oxygens (including phenoxy) is 1. The average Bonchev–Trinajstić information content (AvgIpc) is 3.00. The number of thiophene rings is 1. The van der Waals surface area contributed by atoms with Crippen LogP contribution in [0.4, 0.5) is 0 Å². The molecule has 2 N–H and O–H groups in total. The monoisotopic (exact) mass is 304 g/mol. The van der Waals surface area contributed by atoms with Crippen LogP contribution in [0, 0.1) is 0 Å². The van der Waals surface area contributed by atoms with E-state index in [-0.39, 0.29) is 5.91 Å². The molecule has 1 amide bonds. The molecule has 0 aliphatic heterocycles. The second-order valence-corrected chi connectivity index (χ2v) is 4.84. The molecule has 6 nitrogen and oxygen atoms in total. The Morgan fingerprint density at radius 1 is 1.29 bits per heavy atom. The standard InChI is InChI=1S/C14H12N2O4S/c17-13(18)9-20-11-5-2-1-4-10(11)8-15-16-14(19)12-6-3-7-21-12/h1-8H,9H2,(H,16,19)(H,17,18). The van der Waals surface area contributed by atoms with Crippen molar-refractivity contribution in [3.05, 3.63) is 52.2 Å². The number of aliphatic carboxylic acids is 1. The normalized spacial score (nSPS) is 10.5. The predicted octanol–water partition coefficient (Wildman–Crippen LogP) is 1.98. The highest BCUT2D eigenvalue weighted by Crippen LogP contribution is 2.15. The van der Waals surface area contributed by atoms with Crippen LogP contribution < -0.4 is 10.2 Å². The summed E-state index contributed by atoms with van der Waals surface area (Å²) in [5.74, 6) is -0.980. The molecule has 0 fully saturated rings. The topological polar surface area (TPSA) is 88.0 Å². The molecule has 0 spiro atoms. The van der Waals surface area contributed by atoms with Crippen LogP contribution in [0.3, 0.4) is 0 Å². The van der Waals surface area contributed by atoms with Gasteiger partial charge >= 0.3 is 5.97 Å². The third-order valence-electron chi connectivity index (χ3n) is 2.38. The van der Waals surface area contributed by atoms with Crippen LogP contribution in [0.15, 0.2) is 46.9 Å². The maximum Gasteiger partial charge on any atom is 0.341 e.